The first-order valence-corrected chi connectivity index (χ1v) is 8.89. The Morgan fingerprint density at radius 1 is 1.06 bits per heavy atom. The normalized spacial score (nSPS) is 11.8. The van der Waals surface area contributed by atoms with Gasteiger partial charge in [-0.15, -0.1) is 0 Å². The van der Waals surface area contributed by atoms with Crippen molar-refractivity contribution in [1.82, 2.24) is 9.78 Å². The van der Waals surface area contributed by atoms with Crippen LogP contribution in [0.4, 0.5) is 5.69 Å². The highest BCUT2D eigenvalue weighted by Crippen LogP contribution is 2.43. The van der Waals surface area contributed by atoms with Crippen LogP contribution in [0.25, 0.3) is 16.9 Å². The molecule has 31 heavy (non-hydrogen) atoms. The minimum absolute atomic E-state index is 0.0468. The van der Waals surface area contributed by atoms with Crippen molar-refractivity contribution in [2.75, 3.05) is 21.0 Å². The molecule has 0 saturated carbocycles. The Morgan fingerprint density at radius 2 is 1.71 bits per heavy atom. The lowest BCUT2D eigenvalue weighted by atomic mass is 10.0. The van der Waals surface area contributed by atoms with Gasteiger partial charge in [0, 0.05) is 6.07 Å². The van der Waals surface area contributed by atoms with E-state index in [4.69, 9.17) is 18.9 Å². The van der Waals surface area contributed by atoms with Crippen molar-refractivity contribution < 1.29 is 33.5 Å². The molecule has 0 spiro atoms. The fourth-order valence-electron chi connectivity index (χ4n) is 3.22. The lowest BCUT2D eigenvalue weighted by Crippen LogP contribution is -2.15. The summed E-state index contributed by atoms with van der Waals surface area (Å²) in [7, 11) is 2.27. The van der Waals surface area contributed by atoms with E-state index in [0.717, 1.165) is 14.2 Å². The summed E-state index contributed by atoms with van der Waals surface area (Å²) in [5.74, 6) is -1.35. The highest BCUT2D eigenvalue weighted by Gasteiger charge is 2.35. The molecular formula is C20H15N3O8. The Hall–Kier alpha value is -4.41. The third kappa shape index (κ3) is 3.31. The first-order chi connectivity index (χ1) is 15.0. The number of nitro benzene ring substituents is 1. The maximum atomic E-state index is 12.7. The molecule has 0 saturated heterocycles. The minimum Gasteiger partial charge on any atom is -0.465 e. The minimum atomic E-state index is -0.912. The Morgan fingerprint density at radius 3 is 2.32 bits per heavy atom. The van der Waals surface area contributed by atoms with Gasteiger partial charge in [0.2, 0.25) is 6.79 Å². The van der Waals surface area contributed by atoms with E-state index in [1.807, 2.05) is 0 Å². The topological polar surface area (TPSA) is 132 Å². The van der Waals surface area contributed by atoms with Crippen LogP contribution < -0.4 is 9.47 Å². The lowest BCUT2D eigenvalue weighted by Gasteiger charge is -2.07. The van der Waals surface area contributed by atoms with Crippen molar-refractivity contribution in [3.8, 4) is 28.4 Å². The summed E-state index contributed by atoms with van der Waals surface area (Å²) in [5.41, 5.74) is -0.649. The summed E-state index contributed by atoms with van der Waals surface area (Å²) in [5, 5.41) is 16.1. The Kier molecular flexibility index (Phi) is 4.99. The van der Waals surface area contributed by atoms with Crippen LogP contribution in [0.2, 0.25) is 0 Å². The number of carbonyl (C=O) groups is 2. The summed E-state index contributed by atoms with van der Waals surface area (Å²) in [6.07, 6.45) is 0. The zero-order chi connectivity index (χ0) is 22.1. The molecule has 0 bridgehead atoms. The van der Waals surface area contributed by atoms with Crippen LogP contribution in [0.3, 0.4) is 0 Å². The molecule has 3 aromatic rings. The smallest absolute Gasteiger partial charge is 0.357 e. The van der Waals surface area contributed by atoms with Gasteiger partial charge in [-0.1, -0.05) is 18.2 Å². The van der Waals surface area contributed by atoms with E-state index in [-0.39, 0.29) is 46.5 Å². The highest BCUT2D eigenvalue weighted by molar-refractivity contribution is 6.07. The number of ether oxygens (including phenoxy) is 4. The van der Waals surface area contributed by atoms with E-state index in [1.54, 1.807) is 30.3 Å². The molecule has 1 aromatic heterocycles. The molecule has 0 aliphatic carbocycles. The average molecular weight is 425 g/mol. The molecule has 1 aliphatic heterocycles. The molecule has 2 aromatic carbocycles. The van der Waals surface area contributed by atoms with Crippen LogP contribution in [0.15, 0.2) is 42.5 Å². The van der Waals surface area contributed by atoms with Gasteiger partial charge in [0.25, 0.3) is 5.69 Å². The van der Waals surface area contributed by atoms with E-state index in [9.17, 15) is 19.7 Å². The fourth-order valence-corrected chi connectivity index (χ4v) is 3.22. The third-order valence-electron chi connectivity index (χ3n) is 4.60. The van der Waals surface area contributed by atoms with Crippen molar-refractivity contribution >= 4 is 17.6 Å². The molecule has 0 N–H and O–H groups in total. The SMILES string of the molecule is COC(=O)c1c(-c2cc3c(cc2[N+](=O)[O-])OCO3)nn(-c2ccccc2)c1C(=O)OC. The fraction of sp³-hybridized carbons (Fsp3) is 0.150. The molecule has 11 nitrogen and oxygen atoms in total. The molecule has 0 atom stereocenters. The molecule has 2 heterocycles. The van der Waals surface area contributed by atoms with Crippen molar-refractivity contribution in [3.63, 3.8) is 0 Å². The van der Waals surface area contributed by atoms with Gasteiger partial charge in [0.15, 0.2) is 17.2 Å². The van der Waals surface area contributed by atoms with Gasteiger partial charge in [0.05, 0.1) is 36.5 Å². The Labute approximate surface area is 174 Å². The lowest BCUT2D eigenvalue weighted by molar-refractivity contribution is -0.384. The maximum absolute atomic E-state index is 12.7. The van der Waals surface area contributed by atoms with Crippen molar-refractivity contribution in [3.05, 3.63) is 63.8 Å². The molecule has 11 heteroatoms. The van der Waals surface area contributed by atoms with Gasteiger partial charge in [-0.3, -0.25) is 10.1 Å². The molecular weight excluding hydrogens is 410 g/mol. The Bertz CT molecular complexity index is 1200. The van der Waals surface area contributed by atoms with Gasteiger partial charge < -0.3 is 18.9 Å². The number of nitrogens with zero attached hydrogens (tertiary/aromatic N) is 3. The number of hydrogen-bond acceptors (Lipinski definition) is 9. The largest absolute Gasteiger partial charge is 0.465 e. The first kappa shape index (κ1) is 19.9. The van der Waals surface area contributed by atoms with Gasteiger partial charge in [-0.25, -0.2) is 14.3 Å². The van der Waals surface area contributed by atoms with Gasteiger partial charge in [0.1, 0.15) is 11.3 Å². The number of esters is 2. The molecule has 0 amide bonds. The van der Waals surface area contributed by atoms with E-state index >= 15 is 0 Å². The maximum Gasteiger partial charge on any atom is 0.357 e. The van der Waals surface area contributed by atoms with Crippen molar-refractivity contribution in [1.29, 1.82) is 0 Å². The van der Waals surface area contributed by atoms with Crippen LogP contribution in [-0.4, -0.2) is 47.7 Å². The van der Waals surface area contributed by atoms with Crippen LogP contribution in [0, 0.1) is 10.1 Å². The van der Waals surface area contributed by atoms with Crippen LogP contribution in [-0.2, 0) is 9.47 Å². The van der Waals surface area contributed by atoms with E-state index in [2.05, 4.69) is 5.10 Å². The standard InChI is InChI=1S/C20H15N3O8/c1-28-19(24)16-17(12-8-14-15(31-10-30-14)9-13(12)23(26)27)21-22(18(16)20(25)29-2)11-6-4-3-5-7-11/h3-9H,10H2,1-2H3. The quantitative estimate of drug-likeness (QED) is 0.344. The zero-order valence-corrected chi connectivity index (χ0v) is 16.4. The number of hydrogen-bond donors (Lipinski definition) is 0. The summed E-state index contributed by atoms with van der Waals surface area (Å²) < 4.78 is 21.4. The predicted octanol–water partition coefficient (Wildman–Crippen LogP) is 2.75. The molecule has 158 valence electrons. The summed E-state index contributed by atoms with van der Waals surface area (Å²) in [6.45, 7) is -0.105. The third-order valence-corrected chi connectivity index (χ3v) is 4.60. The second-order valence-corrected chi connectivity index (χ2v) is 6.28. The van der Waals surface area contributed by atoms with Crippen molar-refractivity contribution in [2.45, 2.75) is 0 Å². The summed E-state index contributed by atoms with van der Waals surface area (Å²) in [4.78, 5) is 36.5. The van der Waals surface area contributed by atoms with E-state index in [1.165, 1.54) is 16.8 Å². The van der Waals surface area contributed by atoms with Gasteiger partial charge >= 0.3 is 11.9 Å². The summed E-state index contributed by atoms with van der Waals surface area (Å²) >= 11 is 0. The molecule has 1 aliphatic rings. The van der Waals surface area contributed by atoms with E-state index in [0.29, 0.717) is 5.69 Å². The second-order valence-electron chi connectivity index (χ2n) is 6.28. The average Bonchev–Trinajstić information content (AvgIpc) is 3.41. The van der Waals surface area contributed by atoms with Crippen LogP contribution in [0.5, 0.6) is 11.5 Å². The number of fused-ring (bicyclic) bond motifs is 1. The number of benzene rings is 2. The number of rotatable bonds is 5. The summed E-state index contributed by atoms with van der Waals surface area (Å²) in [6, 6.07) is 11.0. The number of aromatic nitrogens is 2. The second kappa shape index (κ2) is 7.78. The first-order valence-electron chi connectivity index (χ1n) is 8.89. The number of carbonyl (C=O) groups excluding carboxylic acids is 2. The molecule has 4 rings (SSSR count). The molecule has 0 unspecified atom stereocenters. The van der Waals surface area contributed by atoms with Gasteiger partial charge in [-0.2, -0.15) is 5.10 Å². The number of para-hydroxylation sites is 1. The van der Waals surface area contributed by atoms with Crippen LogP contribution in [0.1, 0.15) is 20.8 Å². The van der Waals surface area contributed by atoms with Gasteiger partial charge in [-0.05, 0) is 12.1 Å². The molecule has 0 radical (unpaired) electrons. The van der Waals surface area contributed by atoms with Crippen LogP contribution >= 0.6 is 0 Å². The zero-order valence-electron chi connectivity index (χ0n) is 16.4. The van der Waals surface area contributed by atoms with Crippen molar-refractivity contribution in [2.24, 2.45) is 0 Å². The number of nitro groups is 1. The monoisotopic (exact) mass is 425 g/mol. The highest BCUT2D eigenvalue weighted by atomic mass is 16.7. The Balaban J connectivity index is 2.08. The molecule has 0 fully saturated rings. The van der Waals surface area contributed by atoms with E-state index < -0.39 is 16.9 Å². The number of methoxy groups -OCH3 is 2. The predicted molar refractivity (Wildman–Crippen MR) is 104 cm³/mol.